The summed E-state index contributed by atoms with van der Waals surface area (Å²) in [6, 6.07) is 3.12. The van der Waals surface area contributed by atoms with Crippen molar-refractivity contribution in [1.29, 1.82) is 0 Å². The number of halogens is 2. The highest BCUT2D eigenvalue weighted by Gasteiger charge is 2.22. The molecule has 20 heavy (non-hydrogen) atoms. The summed E-state index contributed by atoms with van der Waals surface area (Å²) in [5.74, 6) is -3.96. The Balaban J connectivity index is 2.86. The van der Waals surface area contributed by atoms with Crippen molar-refractivity contribution in [2.45, 2.75) is 0 Å². The number of rotatable bonds is 5. The third-order valence-electron chi connectivity index (χ3n) is 2.38. The number of hydrogen-bond acceptors (Lipinski definition) is 2. The summed E-state index contributed by atoms with van der Waals surface area (Å²) in [7, 11) is 0. The van der Waals surface area contributed by atoms with Crippen molar-refractivity contribution < 1.29 is 18.4 Å². The smallest absolute Gasteiger partial charge is 0.314 e. The zero-order valence-corrected chi connectivity index (χ0v) is 10.7. The Morgan fingerprint density at radius 1 is 1.15 bits per heavy atom. The Morgan fingerprint density at radius 2 is 1.65 bits per heavy atom. The number of benzene rings is 1. The lowest BCUT2D eigenvalue weighted by atomic mass is 10.3. The van der Waals surface area contributed by atoms with Crippen molar-refractivity contribution in [2.75, 3.05) is 18.4 Å². The van der Waals surface area contributed by atoms with Gasteiger partial charge in [0.1, 0.15) is 17.3 Å². The number of nitrogens with one attached hydrogen (secondary N) is 1. The van der Waals surface area contributed by atoms with E-state index in [4.69, 9.17) is 0 Å². The second kappa shape index (κ2) is 7.18. The molecule has 1 aromatic rings. The topological polar surface area (TPSA) is 49.4 Å². The number of hydrogen-bond donors (Lipinski definition) is 1. The average molecular weight is 280 g/mol. The second-order valence-electron chi connectivity index (χ2n) is 3.84. The molecule has 0 unspecified atom stereocenters. The van der Waals surface area contributed by atoms with Crippen LogP contribution in [0.4, 0.5) is 14.5 Å². The Hall–Kier alpha value is -2.50. The third kappa shape index (κ3) is 3.74. The molecule has 0 aromatic heterocycles. The molecule has 0 fully saturated rings. The fourth-order valence-corrected chi connectivity index (χ4v) is 1.48. The van der Waals surface area contributed by atoms with Gasteiger partial charge in [-0.1, -0.05) is 18.2 Å². The molecule has 0 bridgehead atoms. The molecule has 1 aromatic carbocycles. The Bertz CT molecular complexity index is 514. The SMILES string of the molecule is C=CCN(CC=C)C(=O)C(=O)Nc1c(F)cccc1F. The maximum Gasteiger partial charge on any atom is 0.314 e. The lowest BCUT2D eigenvalue weighted by Gasteiger charge is -2.18. The summed E-state index contributed by atoms with van der Waals surface area (Å²) in [6.07, 6.45) is 2.86. The molecule has 0 saturated carbocycles. The molecule has 0 aliphatic carbocycles. The van der Waals surface area contributed by atoms with E-state index in [1.54, 1.807) is 0 Å². The fourth-order valence-electron chi connectivity index (χ4n) is 1.48. The average Bonchev–Trinajstić information content (AvgIpc) is 2.42. The lowest BCUT2D eigenvalue weighted by molar-refractivity contribution is -0.142. The standard InChI is InChI=1S/C14H14F2N2O2/c1-3-8-18(9-4-2)14(20)13(19)17-12-10(15)6-5-7-11(12)16/h3-7H,1-2,8-9H2,(H,17,19). The first-order valence-corrected chi connectivity index (χ1v) is 5.77. The van der Waals surface area contributed by atoms with Crippen LogP contribution in [0.2, 0.25) is 0 Å². The van der Waals surface area contributed by atoms with Gasteiger partial charge in [-0.05, 0) is 12.1 Å². The normalized spacial score (nSPS) is 9.70. The van der Waals surface area contributed by atoms with E-state index in [-0.39, 0.29) is 13.1 Å². The van der Waals surface area contributed by atoms with Gasteiger partial charge in [0, 0.05) is 13.1 Å². The van der Waals surface area contributed by atoms with E-state index in [0.29, 0.717) is 0 Å². The molecule has 0 aliphatic rings. The highest BCUT2D eigenvalue weighted by atomic mass is 19.1. The maximum absolute atomic E-state index is 13.4. The first-order valence-electron chi connectivity index (χ1n) is 5.77. The predicted octanol–water partition coefficient (Wildman–Crippen LogP) is 2.10. The lowest BCUT2D eigenvalue weighted by Crippen LogP contribution is -2.40. The van der Waals surface area contributed by atoms with Gasteiger partial charge in [-0.25, -0.2) is 8.78 Å². The van der Waals surface area contributed by atoms with E-state index < -0.39 is 29.1 Å². The molecule has 0 radical (unpaired) electrons. The van der Waals surface area contributed by atoms with Gasteiger partial charge in [-0.3, -0.25) is 9.59 Å². The van der Waals surface area contributed by atoms with Gasteiger partial charge in [0.25, 0.3) is 0 Å². The molecule has 1 rings (SSSR count). The van der Waals surface area contributed by atoms with Crippen molar-refractivity contribution in [1.82, 2.24) is 4.90 Å². The van der Waals surface area contributed by atoms with Crippen LogP contribution in [0.15, 0.2) is 43.5 Å². The van der Waals surface area contributed by atoms with Crippen LogP contribution in [0, 0.1) is 11.6 Å². The Kier molecular flexibility index (Phi) is 5.58. The van der Waals surface area contributed by atoms with Crippen LogP contribution in [0.5, 0.6) is 0 Å². The van der Waals surface area contributed by atoms with E-state index in [1.165, 1.54) is 12.2 Å². The molecule has 0 saturated heterocycles. The number of carbonyl (C=O) groups excluding carboxylic acids is 2. The van der Waals surface area contributed by atoms with Crippen LogP contribution < -0.4 is 5.32 Å². The molecular weight excluding hydrogens is 266 g/mol. The summed E-state index contributed by atoms with van der Waals surface area (Å²) in [5, 5.41) is 1.93. The molecular formula is C14H14F2N2O2. The third-order valence-corrected chi connectivity index (χ3v) is 2.38. The van der Waals surface area contributed by atoms with Crippen LogP contribution in [-0.2, 0) is 9.59 Å². The van der Waals surface area contributed by atoms with Crippen molar-refractivity contribution in [3.63, 3.8) is 0 Å². The number of amides is 2. The van der Waals surface area contributed by atoms with Crippen molar-refractivity contribution in [3.8, 4) is 0 Å². The molecule has 0 heterocycles. The van der Waals surface area contributed by atoms with Crippen LogP contribution in [0.25, 0.3) is 0 Å². The van der Waals surface area contributed by atoms with Gasteiger partial charge >= 0.3 is 11.8 Å². The zero-order valence-electron chi connectivity index (χ0n) is 10.7. The maximum atomic E-state index is 13.4. The summed E-state index contributed by atoms with van der Waals surface area (Å²) >= 11 is 0. The number of carbonyl (C=O) groups is 2. The summed E-state index contributed by atoms with van der Waals surface area (Å²) in [5.41, 5.74) is -0.650. The minimum absolute atomic E-state index is 0.123. The first-order chi connectivity index (χ1) is 9.51. The van der Waals surface area contributed by atoms with E-state index in [0.717, 1.165) is 23.1 Å². The Labute approximate surface area is 115 Å². The van der Waals surface area contributed by atoms with Crippen molar-refractivity contribution >= 4 is 17.5 Å². The van der Waals surface area contributed by atoms with Crippen LogP contribution in [-0.4, -0.2) is 29.8 Å². The predicted molar refractivity (Wildman–Crippen MR) is 72.0 cm³/mol. The molecule has 106 valence electrons. The summed E-state index contributed by atoms with van der Waals surface area (Å²) in [4.78, 5) is 24.7. The minimum atomic E-state index is -1.13. The van der Waals surface area contributed by atoms with E-state index in [2.05, 4.69) is 13.2 Å². The van der Waals surface area contributed by atoms with Gasteiger partial charge in [-0.15, -0.1) is 13.2 Å². The highest BCUT2D eigenvalue weighted by Crippen LogP contribution is 2.17. The second-order valence-corrected chi connectivity index (χ2v) is 3.84. The molecule has 2 amide bonds. The minimum Gasteiger partial charge on any atom is -0.327 e. The monoisotopic (exact) mass is 280 g/mol. The van der Waals surface area contributed by atoms with Gasteiger partial charge in [-0.2, -0.15) is 0 Å². The number of para-hydroxylation sites is 1. The van der Waals surface area contributed by atoms with Gasteiger partial charge in [0.05, 0.1) is 0 Å². The molecule has 1 N–H and O–H groups in total. The largest absolute Gasteiger partial charge is 0.327 e. The number of anilines is 1. The van der Waals surface area contributed by atoms with E-state index in [9.17, 15) is 18.4 Å². The van der Waals surface area contributed by atoms with Crippen LogP contribution >= 0.6 is 0 Å². The van der Waals surface area contributed by atoms with Gasteiger partial charge in [0.2, 0.25) is 0 Å². The zero-order chi connectivity index (χ0) is 15.1. The molecule has 0 spiro atoms. The molecule has 4 nitrogen and oxygen atoms in total. The van der Waals surface area contributed by atoms with Crippen molar-refractivity contribution in [3.05, 3.63) is 55.1 Å². The number of nitrogens with zero attached hydrogens (tertiary/aromatic N) is 1. The van der Waals surface area contributed by atoms with Crippen molar-refractivity contribution in [2.24, 2.45) is 0 Å². The van der Waals surface area contributed by atoms with Gasteiger partial charge in [0.15, 0.2) is 0 Å². The molecule has 6 heteroatoms. The highest BCUT2D eigenvalue weighted by molar-refractivity contribution is 6.39. The van der Waals surface area contributed by atoms with E-state index >= 15 is 0 Å². The quantitative estimate of drug-likeness (QED) is 0.663. The molecule has 0 aliphatic heterocycles. The first kappa shape index (κ1) is 15.6. The molecule has 0 atom stereocenters. The summed E-state index contributed by atoms with van der Waals surface area (Å²) in [6.45, 7) is 7.16. The van der Waals surface area contributed by atoms with E-state index in [1.807, 2.05) is 5.32 Å². The van der Waals surface area contributed by atoms with Crippen LogP contribution in [0.3, 0.4) is 0 Å². The summed E-state index contributed by atoms with van der Waals surface area (Å²) < 4.78 is 26.7. The Morgan fingerprint density at radius 3 is 2.10 bits per heavy atom. The van der Waals surface area contributed by atoms with Gasteiger partial charge < -0.3 is 10.2 Å². The fraction of sp³-hybridized carbons (Fsp3) is 0.143. The van der Waals surface area contributed by atoms with Crippen LogP contribution in [0.1, 0.15) is 0 Å².